The fourth-order valence-electron chi connectivity index (χ4n) is 2.44. The van der Waals surface area contributed by atoms with Crippen LogP contribution in [0.15, 0.2) is 0 Å². The van der Waals surface area contributed by atoms with Gasteiger partial charge in [-0.25, -0.2) is 0 Å². The molecule has 2 rings (SSSR count). The summed E-state index contributed by atoms with van der Waals surface area (Å²) in [4.78, 5) is 16.0. The summed E-state index contributed by atoms with van der Waals surface area (Å²) >= 11 is 0. The first kappa shape index (κ1) is 11.9. The smallest absolute Gasteiger partial charge is 0.236 e. The average Bonchev–Trinajstić information content (AvgIpc) is 3.02. The quantitative estimate of drug-likeness (QED) is 0.734. The normalized spacial score (nSPS) is 26.0. The van der Waals surface area contributed by atoms with E-state index in [0.717, 1.165) is 25.9 Å². The van der Waals surface area contributed by atoms with Gasteiger partial charge in [-0.3, -0.25) is 9.69 Å². The predicted molar refractivity (Wildman–Crippen MR) is 62.0 cm³/mol. The molecule has 4 heteroatoms. The fourth-order valence-corrected chi connectivity index (χ4v) is 2.44. The van der Waals surface area contributed by atoms with E-state index in [9.17, 15) is 4.79 Å². The molecule has 0 aromatic carbocycles. The second-order valence-electron chi connectivity index (χ2n) is 5.14. The van der Waals surface area contributed by atoms with Crippen LogP contribution in [-0.2, 0) is 4.79 Å². The van der Waals surface area contributed by atoms with E-state index in [1.54, 1.807) is 0 Å². The van der Waals surface area contributed by atoms with Gasteiger partial charge in [0.15, 0.2) is 0 Å². The number of nitrogens with zero attached hydrogens (tertiary/aromatic N) is 2. The third-order valence-electron chi connectivity index (χ3n) is 3.75. The Balaban J connectivity index is 1.71. The van der Waals surface area contributed by atoms with Crippen LogP contribution in [0.1, 0.15) is 25.7 Å². The second kappa shape index (κ2) is 5.15. The Bertz CT molecular complexity index is 253. The van der Waals surface area contributed by atoms with Crippen LogP contribution in [0.4, 0.5) is 0 Å². The van der Waals surface area contributed by atoms with Crippen molar-refractivity contribution in [3.8, 4) is 0 Å². The van der Waals surface area contributed by atoms with Crippen LogP contribution in [0.2, 0.25) is 0 Å². The number of aliphatic hydroxyl groups excluding tert-OH is 1. The topological polar surface area (TPSA) is 43.8 Å². The molecule has 1 amide bonds. The number of carbonyl (C=O) groups excluding carboxylic acids is 1. The average molecular weight is 226 g/mol. The summed E-state index contributed by atoms with van der Waals surface area (Å²) in [6.07, 6.45) is 4.36. The highest BCUT2D eigenvalue weighted by molar-refractivity contribution is 5.78. The molecule has 1 unspecified atom stereocenters. The highest BCUT2D eigenvalue weighted by atomic mass is 16.3. The monoisotopic (exact) mass is 226 g/mol. The van der Waals surface area contributed by atoms with Crippen molar-refractivity contribution in [2.45, 2.75) is 31.7 Å². The number of hydrogen-bond donors (Lipinski definition) is 1. The van der Waals surface area contributed by atoms with Crippen molar-refractivity contribution in [1.29, 1.82) is 0 Å². The number of likely N-dealkylation sites (tertiary alicyclic amines) is 1. The highest BCUT2D eigenvalue weighted by Crippen LogP contribution is 2.26. The van der Waals surface area contributed by atoms with E-state index in [-0.39, 0.29) is 12.5 Å². The Hall–Kier alpha value is -0.610. The zero-order chi connectivity index (χ0) is 11.5. The Kier molecular flexibility index (Phi) is 3.82. The molecule has 1 saturated carbocycles. The van der Waals surface area contributed by atoms with Crippen molar-refractivity contribution in [3.63, 3.8) is 0 Å². The van der Waals surface area contributed by atoms with E-state index in [4.69, 9.17) is 5.11 Å². The van der Waals surface area contributed by atoms with Crippen LogP contribution in [0.5, 0.6) is 0 Å². The van der Waals surface area contributed by atoms with Gasteiger partial charge in [-0.2, -0.15) is 0 Å². The first-order valence-corrected chi connectivity index (χ1v) is 6.29. The van der Waals surface area contributed by atoms with Gasteiger partial charge in [0, 0.05) is 26.2 Å². The Morgan fingerprint density at radius 2 is 2.19 bits per heavy atom. The number of likely N-dealkylation sites (N-methyl/N-ethyl adjacent to an activating group) is 1. The largest absolute Gasteiger partial charge is 0.396 e. The third kappa shape index (κ3) is 2.95. The van der Waals surface area contributed by atoms with Crippen LogP contribution in [0, 0.1) is 5.92 Å². The third-order valence-corrected chi connectivity index (χ3v) is 3.75. The van der Waals surface area contributed by atoms with Gasteiger partial charge in [0.25, 0.3) is 0 Å². The number of hydrogen-bond acceptors (Lipinski definition) is 3. The maximum Gasteiger partial charge on any atom is 0.236 e. The predicted octanol–water partition coefficient (Wildman–Crippen LogP) is 0.311. The zero-order valence-corrected chi connectivity index (χ0v) is 10.1. The molecule has 0 spiro atoms. The molecule has 0 radical (unpaired) electrons. The molecule has 0 aromatic rings. The van der Waals surface area contributed by atoms with Crippen LogP contribution >= 0.6 is 0 Å². The highest BCUT2D eigenvalue weighted by Gasteiger charge is 2.31. The van der Waals surface area contributed by atoms with Crippen LogP contribution in [0.3, 0.4) is 0 Å². The van der Waals surface area contributed by atoms with Crippen molar-refractivity contribution >= 4 is 5.91 Å². The second-order valence-corrected chi connectivity index (χ2v) is 5.14. The summed E-state index contributed by atoms with van der Waals surface area (Å²) in [6.45, 7) is 2.82. The molecule has 92 valence electrons. The summed E-state index contributed by atoms with van der Waals surface area (Å²) in [5.41, 5.74) is 0. The number of rotatable bonds is 5. The summed E-state index contributed by atoms with van der Waals surface area (Å²) in [5.74, 6) is 0.844. The van der Waals surface area contributed by atoms with Crippen molar-refractivity contribution in [1.82, 2.24) is 9.80 Å². The molecule has 1 aliphatic carbocycles. The molecule has 0 aromatic heterocycles. The molecule has 4 nitrogen and oxygen atoms in total. The molecule has 1 saturated heterocycles. The molecule has 0 bridgehead atoms. The van der Waals surface area contributed by atoms with Gasteiger partial charge in [0.2, 0.25) is 5.91 Å². The summed E-state index contributed by atoms with van der Waals surface area (Å²) in [7, 11) is 1.92. The summed E-state index contributed by atoms with van der Waals surface area (Å²) in [6, 6.07) is 0.517. The maximum absolute atomic E-state index is 11.9. The van der Waals surface area contributed by atoms with Crippen molar-refractivity contribution in [2.24, 2.45) is 5.92 Å². The van der Waals surface area contributed by atoms with Crippen molar-refractivity contribution in [2.75, 3.05) is 33.3 Å². The number of aliphatic hydroxyl groups is 1. The molecule has 16 heavy (non-hydrogen) atoms. The number of amides is 1. The lowest BCUT2D eigenvalue weighted by atomic mass is 10.1. The molecular weight excluding hydrogens is 204 g/mol. The number of carbonyl (C=O) groups is 1. The van der Waals surface area contributed by atoms with E-state index in [1.807, 2.05) is 11.9 Å². The minimum atomic E-state index is 0.257. The van der Waals surface area contributed by atoms with Gasteiger partial charge in [-0.15, -0.1) is 0 Å². The van der Waals surface area contributed by atoms with Gasteiger partial charge >= 0.3 is 0 Å². The first-order valence-electron chi connectivity index (χ1n) is 6.29. The van der Waals surface area contributed by atoms with E-state index >= 15 is 0 Å². The minimum absolute atomic E-state index is 0.257. The molecule has 1 heterocycles. The lowest BCUT2D eigenvalue weighted by Gasteiger charge is -2.21. The van der Waals surface area contributed by atoms with Crippen molar-refractivity contribution in [3.05, 3.63) is 0 Å². The van der Waals surface area contributed by atoms with Crippen LogP contribution in [0.25, 0.3) is 0 Å². The van der Waals surface area contributed by atoms with E-state index in [1.165, 1.54) is 12.8 Å². The SMILES string of the molecule is CN(C(=O)CN1CCC(CCO)C1)C1CC1. The Morgan fingerprint density at radius 1 is 1.44 bits per heavy atom. The van der Waals surface area contributed by atoms with E-state index in [2.05, 4.69) is 4.90 Å². The fraction of sp³-hybridized carbons (Fsp3) is 0.917. The van der Waals surface area contributed by atoms with Gasteiger partial charge in [-0.05, 0) is 38.1 Å². The molecular formula is C12H22N2O2. The Morgan fingerprint density at radius 3 is 2.81 bits per heavy atom. The van der Waals surface area contributed by atoms with Crippen molar-refractivity contribution < 1.29 is 9.90 Å². The van der Waals surface area contributed by atoms with Gasteiger partial charge in [0.05, 0.1) is 6.54 Å². The zero-order valence-electron chi connectivity index (χ0n) is 10.1. The van der Waals surface area contributed by atoms with Crippen LogP contribution < -0.4 is 0 Å². The van der Waals surface area contributed by atoms with Gasteiger partial charge < -0.3 is 10.0 Å². The first-order chi connectivity index (χ1) is 7.70. The standard InChI is InChI=1S/C12H22N2O2/c1-13(11-2-3-11)12(16)9-14-6-4-10(8-14)5-7-15/h10-11,15H,2-9H2,1H3. The van der Waals surface area contributed by atoms with Gasteiger partial charge in [0.1, 0.15) is 0 Å². The molecule has 2 aliphatic rings. The minimum Gasteiger partial charge on any atom is -0.396 e. The van der Waals surface area contributed by atoms with Crippen LogP contribution in [-0.4, -0.2) is 60.1 Å². The van der Waals surface area contributed by atoms with Gasteiger partial charge in [-0.1, -0.05) is 0 Å². The molecule has 1 N–H and O–H groups in total. The molecule has 1 atom stereocenters. The summed E-state index contributed by atoms with van der Waals surface area (Å²) < 4.78 is 0. The lowest BCUT2D eigenvalue weighted by molar-refractivity contribution is -0.131. The maximum atomic E-state index is 11.9. The Labute approximate surface area is 97.2 Å². The van der Waals surface area contributed by atoms with E-state index in [0.29, 0.717) is 18.5 Å². The lowest BCUT2D eigenvalue weighted by Crippen LogP contribution is -2.38. The summed E-state index contributed by atoms with van der Waals surface area (Å²) in [5, 5.41) is 8.87. The van der Waals surface area contributed by atoms with E-state index < -0.39 is 0 Å². The molecule has 1 aliphatic heterocycles. The molecule has 2 fully saturated rings.